The summed E-state index contributed by atoms with van der Waals surface area (Å²) in [6.07, 6.45) is 1.91. The molecule has 22 heavy (non-hydrogen) atoms. The van der Waals surface area contributed by atoms with Gasteiger partial charge in [0.2, 0.25) is 5.89 Å². The molecule has 0 radical (unpaired) electrons. The molecule has 1 N–H and O–H groups in total. The average molecular weight is 303 g/mol. The molecule has 2 aromatic rings. The van der Waals surface area contributed by atoms with Crippen molar-refractivity contribution in [1.29, 1.82) is 0 Å². The van der Waals surface area contributed by atoms with Crippen LogP contribution >= 0.6 is 0 Å². The second-order valence-corrected chi connectivity index (χ2v) is 6.17. The van der Waals surface area contributed by atoms with Gasteiger partial charge in [-0.3, -0.25) is 9.89 Å². The molecule has 1 amide bonds. The number of carbonyl (C=O) groups is 1. The lowest BCUT2D eigenvalue weighted by molar-refractivity contribution is 0.0697. The van der Waals surface area contributed by atoms with E-state index in [1.807, 2.05) is 25.7 Å². The Kier molecular flexibility index (Phi) is 3.96. The first-order valence-electron chi connectivity index (χ1n) is 7.69. The largest absolute Gasteiger partial charge is 0.339 e. The maximum absolute atomic E-state index is 12.5. The fourth-order valence-corrected chi connectivity index (χ4v) is 2.71. The minimum atomic E-state index is -0.0402. The van der Waals surface area contributed by atoms with Gasteiger partial charge in [-0.25, -0.2) is 0 Å². The molecule has 1 aliphatic rings. The van der Waals surface area contributed by atoms with E-state index in [0.717, 1.165) is 25.1 Å². The van der Waals surface area contributed by atoms with Crippen LogP contribution in [0, 0.1) is 6.92 Å². The fourth-order valence-electron chi connectivity index (χ4n) is 2.71. The van der Waals surface area contributed by atoms with Crippen molar-refractivity contribution in [1.82, 2.24) is 25.2 Å². The van der Waals surface area contributed by atoms with Crippen molar-refractivity contribution in [2.75, 3.05) is 13.1 Å². The van der Waals surface area contributed by atoms with Gasteiger partial charge < -0.3 is 9.42 Å². The molecule has 1 atom stereocenters. The van der Waals surface area contributed by atoms with Crippen molar-refractivity contribution in [2.45, 2.75) is 45.4 Å². The zero-order chi connectivity index (χ0) is 15.7. The standard InChI is InChI=1S/C15H21N5O2/c1-9(2)14-16-13(19-22-14)11-5-4-6-20(8-11)15(21)12-7-10(3)17-18-12/h7,9,11H,4-6,8H2,1-3H3,(H,17,18)/t11-/m0/s1. The molecule has 0 saturated carbocycles. The first-order valence-corrected chi connectivity index (χ1v) is 7.69. The number of nitrogens with one attached hydrogen (secondary N) is 1. The van der Waals surface area contributed by atoms with Gasteiger partial charge in [-0.05, 0) is 25.8 Å². The summed E-state index contributed by atoms with van der Waals surface area (Å²) >= 11 is 0. The number of hydrogen-bond donors (Lipinski definition) is 1. The van der Waals surface area contributed by atoms with Crippen molar-refractivity contribution in [2.24, 2.45) is 0 Å². The van der Waals surface area contributed by atoms with Gasteiger partial charge in [-0.15, -0.1) is 0 Å². The van der Waals surface area contributed by atoms with Crippen molar-refractivity contribution in [3.05, 3.63) is 29.2 Å². The molecule has 0 spiro atoms. The van der Waals surface area contributed by atoms with Gasteiger partial charge in [0.05, 0.1) is 0 Å². The third-order valence-corrected chi connectivity index (χ3v) is 3.95. The number of carbonyl (C=O) groups excluding carboxylic acids is 1. The van der Waals surface area contributed by atoms with Crippen LogP contribution in [0.5, 0.6) is 0 Å². The topological polar surface area (TPSA) is 87.9 Å². The number of rotatable bonds is 3. The lowest BCUT2D eigenvalue weighted by Crippen LogP contribution is -2.39. The van der Waals surface area contributed by atoms with E-state index >= 15 is 0 Å². The quantitative estimate of drug-likeness (QED) is 0.939. The zero-order valence-corrected chi connectivity index (χ0v) is 13.2. The molecule has 7 heteroatoms. The predicted molar refractivity (Wildman–Crippen MR) is 79.6 cm³/mol. The Morgan fingerprint density at radius 1 is 1.50 bits per heavy atom. The minimum absolute atomic E-state index is 0.0402. The molecule has 1 saturated heterocycles. The lowest BCUT2D eigenvalue weighted by Gasteiger charge is -2.30. The summed E-state index contributed by atoms with van der Waals surface area (Å²) in [5, 5.41) is 10.9. The molecule has 0 bridgehead atoms. The highest BCUT2D eigenvalue weighted by molar-refractivity contribution is 5.92. The molecule has 3 rings (SSSR count). The molecule has 3 heterocycles. The number of aromatic nitrogens is 4. The zero-order valence-electron chi connectivity index (χ0n) is 13.2. The number of aryl methyl sites for hydroxylation is 1. The van der Waals surface area contributed by atoms with Crippen LogP contribution in [0.3, 0.4) is 0 Å². The van der Waals surface area contributed by atoms with Gasteiger partial charge in [0.1, 0.15) is 5.69 Å². The van der Waals surface area contributed by atoms with Crippen molar-refractivity contribution in [3.63, 3.8) is 0 Å². The average Bonchev–Trinajstić information content (AvgIpc) is 3.15. The van der Waals surface area contributed by atoms with Crippen LogP contribution in [-0.4, -0.2) is 44.2 Å². The smallest absolute Gasteiger partial charge is 0.274 e. The van der Waals surface area contributed by atoms with Crippen molar-refractivity contribution in [3.8, 4) is 0 Å². The van der Waals surface area contributed by atoms with Crippen molar-refractivity contribution < 1.29 is 9.32 Å². The van der Waals surface area contributed by atoms with Crippen LogP contribution in [0.1, 0.15) is 66.4 Å². The first kappa shape index (κ1) is 14.7. The van der Waals surface area contributed by atoms with E-state index in [0.29, 0.717) is 24.0 Å². The number of hydrogen-bond acceptors (Lipinski definition) is 5. The van der Waals surface area contributed by atoms with Crippen LogP contribution in [0.15, 0.2) is 10.6 Å². The monoisotopic (exact) mass is 303 g/mol. The number of likely N-dealkylation sites (tertiary alicyclic amines) is 1. The summed E-state index contributed by atoms with van der Waals surface area (Å²) < 4.78 is 5.28. The summed E-state index contributed by atoms with van der Waals surface area (Å²) in [5.74, 6) is 1.67. The molecule has 1 fully saturated rings. The minimum Gasteiger partial charge on any atom is -0.339 e. The summed E-state index contributed by atoms with van der Waals surface area (Å²) in [5.41, 5.74) is 1.35. The summed E-state index contributed by atoms with van der Waals surface area (Å²) in [7, 11) is 0. The highest BCUT2D eigenvalue weighted by Crippen LogP contribution is 2.26. The van der Waals surface area contributed by atoms with E-state index in [2.05, 4.69) is 20.3 Å². The fraction of sp³-hybridized carbons (Fsp3) is 0.600. The van der Waals surface area contributed by atoms with E-state index in [1.165, 1.54) is 0 Å². The third kappa shape index (κ3) is 2.88. The summed E-state index contributed by atoms with van der Waals surface area (Å²) in [4.78, 5) is 18.8. The van der Waals surface area contributed by atoms with Crippen LogP contribution in [0.2, 0.25) is 0 Å². The van der Waals surface area contributed by atoms with Gasteiger partial charge in [0.15, 0.2) is 5.82 Å². The van der Waals surface area contributed by atoms with Gasteiger partial charge in [-0.1, -0.05) is 19.0 Å². The van der Waals surface area contributed by atoms with E-state index in [1.54, 1.807) is 6.07 Å². The summed E-state index contributed by atoms with van der Waals surface area (Å²) in [6.45, 7) is 7.29. The Labute approximate surface area is 129 Å². The van der Waals surface area contributed by atoms with E-state index in [4.69, 9.17) is 4.52 Å². The number of nitrogens with zero attached hydrogens (tertiary/aromatic N) is 4. The van der Waals surface area contributed by atoms with E-state index in [9.17, 15) is 4.79 Å². The van der Waals surface area contributed by atoms with E-state index in [-0.39, 0.29) is 17.7 Å². The van der Waals surface area contributed by atoms with Crippen molar-refractivity contribution >= 4 is 5.91 Å². The Morgan fingerprint density at radius 3 is 2.95 bits per heavy atom. The van der Waals surface area contributed by atoms with Gasteiger partial charge in [0.25, 0.3) is 5.91 Å². The van der Waals surface area contributed by atoms with E-state index < -0.39 is 0 Å². The van der Waals surface area contributed by atoms with Gasteiger partial charge >= 0.3 is 0 Å². The highest BCUT2D eigenvalue weighted by Gasteiger charge is 2.29. The number of piperidine rings is 1. The first-order chi connectivity index (χ1) is 10.5. The normalized spacial score (nSPS) is 18.9. The Hall–Kier alpha value is -2.18. The van der Waals surface area contributed by atoms with Crippen LogP contribution in [-0.2, 0) is 0 Å². The third-order valence-electron chi connectivity index (χ3n) is 3.95. The molecular formula is C15H21N5O2. The summed E-state index contributed by atoms with van der Waals surface area (Å²) in [6, 6.07) is 1.77. The predicted octanol–water partition coefficient (Wildman–Crippen LogP) is 2.24. The highest BCUT2D eigenvalue weighted by atomic mass is 16.5. The molecular weight excluding hydrogens is 282 g/mol. The number of aromatic amines is 1. The molecule has 2 aromatic heterocycles. The van der Waals surface area contributed by atoms with Crippen LogP contribution in [0.25, 0.3) is 0 Å². The molecule has 1 aliphatic heterocycles. The second-order valence-electron chi connectivity index (χ2n) is 6.17. The Morgan fingerprint density at radius 2 is 2.32 bits per heavy atom. The molecule has 118 valence electrons. The lowest BCUT2D eigenvalue weighted by atomic mass is 9.97. The van der Waals surface area contributed by atoms with Crippen LogP contribution in [0.4, 0.5) is 0 Å². The Balaban J connectivity index is 1.72. The molecule has 7 nitrogen and oxygen atoms in total. The SMILES string of the molecule is Cc1cc(C(=O)N2CCC[C@H](c3noc(C(C)C)n3)C2)n[nH]1. The van der Waals surface area contributed by atoms with Crippen LogP contribution < -0.4 is 0 Å². The second kappa shape index (κ2) is 5.90. The maximum atomic E-state index is 12.5. The van der Waals surface area contributed by atoms with Gasteiger partial charge in [-0.2, -0.15) is 10.1 Å². The molecule has 0 aromatic carbocycles. The van der Waals surface area contributed by atoms with Gasteiger partial charge in [0, 0.05) is 30.6 Å². The molecule has 0 unspecified atom stereocenters. The maximum Gasteiger partial charge on any atom is 0.274 e. The Bertz CT molecular complexity index is 660. The molecule has 0 aliphatic carbocycles. The number of amides is 1. The number of H-pyrrole nitrogens is 1.